The van der Waals surface area contributed by atoms with Gasteiger partial charge in [-0.25, -0.2) is 8.42 Å². The fourth-order valence-corrected chi connectivity index (χ4v) is 5.76. The number of carbonyl (C=O) groups is 1. The van der Waals surface area contributed by atoms with Crippen molar-refractivity contribution >= 4 is 21.6 Å². The summed E-state index contributed by atoms with van der Waals surface area (Å²) in [5.41, 5.74) is 4.19. The van der Waals surface area contributed by atoms with E-state index in [1.54, 1.807) is 12.1 Å². The van der Waals surface area contributed by atoms with E-state index in [9.17, 15) is 13.2 Å². The fraction of sp³-hybridized carbons (Fsp3) is 0.194. The molecular formula is C31H32N2O5S. The first kappa shape index (κ1) is 27.7. The van der Waals surface area contributed by atoms with Crippen molar-refractivity contribution in [2.24, 2.45) is 0 Å². The van der Waals surface area contributed by atoms with E-state index in [1.807, 2.05) is 80.6 Å². The van der Waals surface area contributed by atoms with Gasteiger partial charge in [-0.05, 0) is 49.2 Å². The van der Waals surface area contributed by atoms with Crippen LogP contribution in [0.1, 0.15) is 28.3 Å². The molecule has 0 heterocycles. The molecule has 0 aliphatic carbocycles. The molecule has 4 aromatic carbocycles. The van der Waals surface area contributed by atoms with E-state index in [0.717, 1.165) is 26.6 Å². The summed E-state index contributed by atoms with van der Waals surface area (Å²) in [6, 6.07) is 28.4. The van der Waals surface area contributed by atoms with Crippen LogP contribution in [0.25, 0.3) is 0 Å². The number of aryl methyl sites for hydroxylation is 2. The normalized spacial score (nSPS) is 11.9. The lowest BCUT2D eigenvalue weighted by molar-refractivity contribution is -0.120. The van der Waals surface area contributed by atoms with Gasteiger partial charge in [0.1, 0.15) is 6.54 Å². The molecule has 4 aromatic rings. The number of nitrogens with one attached hydrogen (secondary N) is 1. The Kier molecular flexibility index (Phi) is 8.56. The molecule has 8 heteroatoms. The highest BCUT2D eigenvalue weighted by Crippen LogP contribution is 2.32. The maximum Gasteiger partial charge on any atom is 0.264 e. The van der Waals surface area contributed by atoms with Crippen LogP contribution in [0.3, 0.4) is 0 Å². The van der Waals surface area contributed by atoms with Crippen molar-refractivity contribution in [3.63, 3.8) is 0 Å². The summed E-state index contributed by atoms with van der Waals surface area (Å²) in [7, 11) is -1.24. The van der Waals surface area contributed by atoms with Gasteiger partial charge in [-0.1, -0.05) is 77.9 Å². The van der Waals surface area contributed by atoms with E-state index in [-0.39, 0.29) is 10.6 Å². The predicted molar refractivity (Wildman–Crippen MR) is 153 cm³/mol. The van der Waals surface area contributed by atoms with Gasteiger partial charge in [0.15, 0.2) is 11.5 Å². The van der Waals surface area contributed by atoms with Crippen LogP contribution in [0.15, 0.2) is 102 Å². The number of carbonyl (C=O) groups excluding carboxylic acids is 1. The Hall–Kier alpha value is -4.30. The van der Waals surface area contributed by atoms with Crippen molar-refractivity contribution in [2.45, 2.75) is 24.8 Å². The zero-order valence-corrected chi connectivity index (χ0v) is 23.2. The number of hydrogen-bond acceptors (Lipinski definition) is 5. The van der Waals surface area contributed by atoms with Crippen LogP contribution >= 0.6 is 0 Å². The predicted octanol–water partition coefficient (Wildman–Crippen LogP) is 5.42. The topological polar surface area (TPSA) is 84.9 Å². The number of ether oxygens (including phenoxy) is 2. The summed E-state index contributed by atoms with van der Waals surface area (Å²) < 4.78 is 39.6. The minimum Gasteiger partial charge on any atom is -0.493 e. The van der Waals surface area contributed by atoms with Crippen LogP contribution in [0.5, 0.6) is 11.5 Å². The van der Waals surface area contributed by atoms with Crippen molar-refractivity contribution < 1.29 is 22.7 Å². The second-order valence-corrected chi connectivity index (χ2v) is 11.1. The molecule has 1 atom stereocenters. The van der Waals surface area contributed by atoms with Gasteiger partial charge in [0.05, 0.1) is 30.8 Å². The SMILES string of the molecule is COc1ccc(S(=O)(=O)N(CC(=O)NC(c2ccccc2)c2cccc(C)c2)c2ccc(C)cc2)cc1OC. The third-order valence-electron chi connectivity index (χ3n) is 6.37. The Labute approximate surface area is 230 Å². The zero-order chi connectivity index (χ0) is 28.0. The molecule has 0 aliphatic rings. The maximum atomic E-state index is 13.9. The molecule has 0 bridgehead atoms. The average molecular weight is 545 g/mol. The molecule has 1 N–H and O–H groups in total. The zero-order valence-electron chi connectivity index (χ0n) is 22.4. The second kappa shape index (κ2) is 12.0. The maximum absolute atomic E-state index is 13.9. The second-order valence-electron chi connectivity index (χ2n) is 9.19. The summed E-state index contributed by atoms with van der Waals surface area (Å²) >= 11 is 0. The van der Waals surface area contributed by atoms with E-state index in [1.165, 1.54) is 32.4 Å². The number of benzene rings is 4. The highest BCUT2D eigenvalue weighted by atomic mass is 32.2. The van der Waals surface area contributed by atoms with Gasteiger partial charge in [-0.2, -0.15) is 0 Å². The quantitative estimate of drug-likeness (QED) is 0.288. The number of rotatable bonds is 10. The average Bonchev–Trinajstić information content (AvgIpc) is 2.95. The summed E-state index contributed by atoms with van der Waals surface area (Å²) in [5, 5.41) is 3.06. The molecule has 1 unspecified atom stereocenters. The number of anilines is 1. The third kappa shape index (κ3) is 6.41. The van der Waals surface area contributed by atoms with Crippen molar-refractivity contribution in [1.29, 1.82) is 0 Å². The molecule has 7 nitrogen and oxygen atoms in total. The fourth-order valence-electron chi connectivity index (χ4n) is 4.32. The Balaban J connectivity index is 1.71. The number of methoxy groups -OCH3 is 2. The summed E-state index contributed by atoms with van der Waals surface area (Å²) in [6.45, 7) is 3.48. The van der Waals surface area contributed by atoms with Crippen LogP contribution in [0, 0.1) is 13.8 Å². The lowest BCUT2D eigenvalue weighted by Crippen LogP contribution is -2.42. The number of sulfonamides is 1. The van der Waals surface area contributed by atoms with Crippen molar-refractivity contribution in [3.05, 3.63) is 119 Å². The first-order chi connectivity index (χ1) is 18.7. The lowest BCUT2D eigenvalue weighted by atomic mass is 9.97. The van der Waals surface area contributed by atoms with E-state index in [4.69, 9.17) is 9.47 Å². The Morgan fingerprint density at radius 3 is 2.08 bits per heavy atom. The molecule has 0 fully saturated rings. The number of nitrogens with zero attached hydrogens (tertiary/aromatic N) is 1. The molecular weight excluding hydrogens is 512 g/mol. The molecule has 0 radical (unpaired) electrons. The molecule has 0 spiro atoms. The van der Waals surface area contributed by atoms with Crippen LogP contribution in [-0.4, -0.2) is 35.1 Å². The summed E-state index contributed by atoms with van der Waals surface area (Å²) in [5.74, 6) is 0.227. The van der Waals surface area contributed by atoms with E-state index < -0.39 is 28.5 Å². The van der Waals surface area contributed by atoms with Crippen molar-refractivity contribution in [1.82, 2.24) is 5.32 Å². The molecule has 0 saturated heterocycles. The molecule has 4 rings (SSSR count). The van der Waals surface area contributed by atoms with Gasteiger partial charge in [0.2, 0.25) is 5.91 Å². The molecule has 1 amide bonds. The van der Waals surface area contributed by atoms with E-state index in [2.05, 4.69) is 5.32 Å². The highest BCUT2D eigenvalue weighted by Gasteiger charge is 2.29. The van der Waals surface area contributed by atoms with Gasteiger partial charge in [-0.3, -0.25) is 9.10 Å². The van der Waals surface area contributed by atoms with Crippen LogP contribution in [0.2, 0.25) is 0 Å². The Bertz CT molecular complexity index is 1540. The standard InChI is InChI=1S/C31H32N2O5S/c1-22-13-15-26(16-14-22)33(39(35,36)27-17-18-28(37-3)29(20-27)38-4)21-30(34)32-31(24-10-6-5-7-11-24)25-12-8-9-23(2)19-25/h5-20,31H,21H2,1-4H3,(H,32,34). The van der Waals surface area contributed by atoms with E-state index >= 15 is 0 Å². The van der Waals surface area contributed by atoms with Crippen LogP contribution < -0.4 is 19.1 Å². The van der Waals surface area contributed by atoms with E-state index in [0.29, 0.717) is 11.4 Å². The first-order valence-electron chi connectivity index (χ1n) is 12.4. The number of amides is 1. The smallest absolute Gasteiger partial charge is 0.264 e. The Morgan fingerprint density at radius 2 is 1.44 bits per heavy atom. The monoisotopic (exact) mass is 544 g/mol. The third-order valence-corrected chi connectivity index (χ3v) is 8.14. The number of hydrogen-bond donors (Lipinski definition) is 1. The first-order valence-corrected chi connectivity index (χ1v) is 13.9. The van der Waals surface area contributed by atoms with Gasteiger partial charge in [0, 0.05) is 6.07 Å². The molecule has 0 aromatic heterocycles. The minimum absolute atomic E-state index is 0.0215. The van der Waals surface area contributed by atoms with Crippen LogP contribution in [0.4, 0.5) is 5.69 Å². The molecule has 39 heavy (non-hydrogen) atoms. The van der Waals surface area contributed by atoms with Crippen LogP contribution in [-0.2, 0) is 14.8 Å². The summed E-state index contributed by atoms with van der Waals surface area (Å²) in [4.78, 5) is 13.6. The van der Waals surface area contributed by atoms with Crippen molar-refractivity contribution in [3.8, 4) is 11.5 Å². The van der Waals surface area contributed by atoms with Gasteiger partial charge in [-0.15, -0.1) is 0 Å². The molecule has 0 aliphatic heterocycles. The summed E-state index contributed by atoms with van der Waals surface area (Å²) in [6.07, 6.45) is 0. The highest BCUT2D eigenvalue weighted by molar-refractivity contribution is 7.92. The minimum atomic E-state index is -4.15. The molecule has 202 valence electrons. The molecule has 0 saturated carbocycles. The van der Waals surface area contributed by atoms with Gasteiger partial charge >= 0.3 is 0 Å². The van der Waals surface area contributed by atoms with Gasteiger partial charge in [0.25, 0.3) is 10.0 Å². The lowest BCUT2D eigenvalue weighted by Gasteiger charge is -2.26. The van der Waals surface area contributed by atoms with Gasteiger partial charge < -0.3 is 14.8 Å². The Morgan fingerprint density at radius 1 is 0.769 bits per heavy atom. The largest absolute Gasteiger partial charge is 0.493 e. The van der Waals surface area contributed by atoms with Crippen molar-refractivity contribution in [2.75, 3.05) is 25.1 Å².